The molecule has 1 unspecified atom stereocenters. The fraction of sp³-hybridized carbons (Fsp3) is 0.273. The summed E-state index contributed by atoms with van der Waals surface area (Å²) in [6, 6.07) is 20.5. The smallest absolute Gasteiger partial charge is 0.319 e. The number of aromatic nitrogens is 1. The first kappa shape index (κ1) is 28.9. The molecule has 9 nitrogen and oxygen atoms in total. The highest BCUT2D eigenvalue weighted by Gasteiger charge is 2.28. The molecular weight excluding hydrogens is 530 g/mol. The number of nitrogens with zero attached hydrogens (tertiary/aromatic N) is 1. The van der Waals surface area contributed by atoms with Gasteiger partial charge in [0, 0.05) is 60.6 Å². The Kier molecular flexibility index (Phi) is 9.21. The summed E-state index contributed by atoms with van der Waals surface area (Å²) in [4.78, 5) is 29.3. The zero-order valence-corrected chi connectivity index (χ0v) is 23.9. The van der Waals surface area contributed by atoms with E-state index in [0.29, 0.717) is 6.54 Å². The van der Waals surface area contributed by atoms with Crippen LogP contribution in [-0.4, -0.2) is 47.2 Å². The molecule has 0 aliphatic heterocycles. The molecule has 3 amide bonds. The predicted octanol–water partition coefficient (Wildman–Crippen LogP) is 5.57. The van der Waals surface area contributed by atoms with Gasteiger partial charge in [0.05, 0.1) is 7.11 Å². The van der Waals surface area contributed by atoms with Gasteiger partial charge in [0.15, 0.2) is 0 Å². The number of aromatic amines is 1. The van der Waals surface area contributed by atoms with Crippen LogP contribution in [0.2, 0.25) is 0 Å². The van der Waals surface area contributed by atoms with Crippen molar-refractivity contribution < 1.29 is 19.5 Å². The number of methoxy groups -OCH3 is 1. The van der Waals surface area contributed by atoms with Gasteiger partial charge >= 0.3 is 6.03 Å². The highest BCUT2D eigenvalue weighted by Crippen LogP contribution is 2.38. The molecule has 5 N–H and O–H groups in total. The lowest BCUT2D eigenvalue weighted by Gasteiger charge is -2.30. The van der Waals surface area contributed by atoms with Crippen LogP contribution in [0.15, 0.2) is 72.9 Å². The number of hydroxylamine groups is 1. The second-order valence-corrected chi connectivity index (χ2v) is 10.4. The van der Waals surface area contributed by atoms with Crippen molar-refractivity contribution >= 4 is 34.6 Å². The van der Waals surface area contributed by atoms with Gasteiger partial charge < -0.3 is 20.4 Å². The summed E-state index contributed by atoms with van der Waals surface area (Å²) in [5.74, 6) is 0.277. The van der Waals surface area contributed by atoms with E-state index in [0.717, 1.165) is 54.9 Å². The molecule has 1 aromatic heterocycles. The van der Waals surface area contributed by atoms with Crippen molar-refractivity contribution in [3.63, 3.8) is 0 Å². The first-order chi connectivity index (χ1) is 20.5. The lowest BCUT2D eigenvalue weighted by Crippen LogP contribution is -2.29. The Labute approximate surface area is 245 Å². The third-order valence-electron chi connectivity index (χ3n) is 7.77. The third-order valence-corrected chi connectivity index (χ3v) is 7.77. The monoisotopic (exact) mass is 567 g/mol. The number of ether oxygens (including phenoxy) is 1. The van der Waals surface area contributed by atoms with Gasteiger partial charge in [-0.15, -0.1) is 0 Å². The standard InChI is InChI=1S/C33H37N5O4/c1-3-34-33(40)36-26-9-4-23(5-10-26)21-38(17-16-25-20-35-30-19-27(42-2)11-13-28(25)30)31-14-8-24-18-22(6-12-29(24)31)7-15-32(39)37-41/h4-7,9-13,15,18-20,31,35,41H,3,8,14,16-17,21H2,1-2H3,(H,37,39)(H2,34,36,40)/b15-7+. The normalized spacial score (nSPS) is 14.3. The number of hydrogen-bond acceptors (Lipinski definition) is 5. The quantitative estimate of drug-likeness (QED) is 0.0923. The molecule has 1 aliphatic rings. The second-order valence-electron chi connectivity index (χ2n) is 10.4. The molecule has 4 aromatic rings. The Morgan fingerprint density at radius 2 is 1.95 bits per heavy atom. The van der Waals surface area contributed by atoms with Gasteiger partial charge in [-0.2, -0.15) is 0 Å². The van der Waals surface area contributed by atoms with Crippen molar-refractivity contribution in [3.8, 4) is 5.75 Å². The van der Waals surface area contributed by atoms with Gasteiger partial charge in [-0.25, -0.2) is 10.3 Å². The van der Waals surface area contributed by atoms with Crippen molar-refractivity contribution in [3.05, 3.63) is 101 Å². The number of benzene rings is 3. The number of aryl methyl sites for hydroxylation is 1. The lowest BCUT2D eigenvalue weighted by atomic mass is 10.0. The minimum atomic E-state index is -0.553. The molecule has 9 heteroatoms. The fourth-order valence-corrected chi connectivity index (χ4v) is 5.68. The van der Waals surface area contributed by atoms with Crippen molar-refractivity contribution in [1.29, 1.82) is 0 Å². The van der Waals surface area contributed by atoms with Crippen LogP contribution in [-0.2, 0) is 24.2 Å². The Morgan fingerprint density at radius 1 is 1.12 bits per heavy atom. The Morgan fingerprint density at radius 3 is 2.71 bits per heavy atom. The van der Waals surface area contributed by atoms with Crippen LogP contribution in [0.3, 0.4) is 0 Å². The maximum Gasteiger partial charge on any atom is 0.319 e. The molecule has 0 fully saturated rings. The second kappa shape index (κ2) is 13.4. The molecular formula is C33H37N5O4. The lowest BCUT2D eigenvalue weighted by molar-refractivity contribution is -0.124. The van der Waals surface area contributed by atoms with Gasteiger partial charge in [0.25, 0.3) is 5.91 Å². The first-order valence-corrected chi connectivity index (χ1v) is 14.2. The van der Waals surface area contributed by atoms with E-state index in [1.807, 2.05) is 37.3 Å². The number of H-pyrrole nitrogens is 1. The average Bonchev–Trinajstić information content (AvgIpc) is 3.62. The van der Waals surface area contributed by atoms with E-state index in [2.05, 4.69) is 57.0 Å². The van der Waals surface area contributed by atoms with Crippen molar-refractivity contribution in [2.24, 2.45) is 0 Å². The van der Waals surface area contributed by atoms with Gasteiger partial charge in [0.1, 0.15) is 5.75 Å². The Hall–Kier alpha value is -4.60. The number of urea groups is 1. The van der Waals surface area contributed by atoms with Crippen molar-refractivity contribution in [1.82, 2.24) is 20.7 Å². The van der Waals surface area contributed by atoms with Gasteiger partial charge in [-0.05, 0) is 84.3 Å². The molecule has 218 valence electrons. The van der Waals surface area contributed by atoms with Crippen LogP contribution in [0.4, 0.5) is 10.5 Å². The largest absolute Gasteiger partial charge is 0.497 e. The molecule has 0 spiro atoms. The number of nitrogens with one attached hydrogen (secondary N) is 4. The van der Waals surface area contributed by atoms with Crippen molar-refractivity contribution in [2.75, 3.05) is 25.5 Å². The summed E-state index contributed by atoms with van der Waals surface area (Å²) in [5, 5.41) is 15.6. The highest BCUT2D eigenvalue weighted by molar-refractivity contribution is 5.91. The van der Waals surface area contributed by atoms with Crippen LogP contribution >= 0.6 is 0 Å². The van der Waals surface area contributed by atoms with E-state index in [-0.39, 0.29) is 12.1 Å². The third kappa shape index (κ3) is 6.82. The summed E-state index contributed by atoms with van der Waals surface area (Å²) >= 11 is 0. The van der Waals surface area contributed by atoms with Crippen LogP contribution in [0, 0.1) is 0 Å². The summed E-state index contributed by atoms with van der Waals surface area (Å²) in [7, 11) is 1.68. The summed E-state index contributed by atoms with van der Waals surface area (Å²) in [6.45, 7) is 4.08. The van der Waals surface area contributed by atoms with E-state index >= 15 is 0 Å². The molecule has 0 saturated carbocycles. The first-order valence-electron chi connectivity index (χ1n) is 14.2. The Bertz CT molecular complexity index is 1580. The summed E-state index contributed by atoms with van der Waals surface area (Å²) < 4.78 is 5.39. The van der Waals surface area contributed by atoms with E-state index in [9.17, 15) is 9.59 Å². The maximum absolute atomic E-state index is 11.9. The van der Waals surface area contributed by atoms with Gasteiger partial charge in [0.2, 0.25) is 0 Å². The number of amides is 3. The molecule has 0 radical (unpaired) electrons. The number of hydrogen-bond donors (Lipinski definition) is 5. The number of fused-ring (bicyclic) bond motifs is 2. The maximum atomic E-state index is 11.9. The zero-order chi connectivity index (χ0) is 29.5. The predicted molar refractivity (Wildman–Crippen MR) is 165 cm³/mol. The molecule has 1 heterocycles. The summed E-state index contributed by atoms with van der Waals surface area (Å²) in [6.07, 6.45) is 7.95. The fourth-order valence-electron chi connectivity index (χ4n) is 5.68. The molecule has 5 rings (SSSR count). The minimum Gasteiger partial charge on any atom is -0.497 e. The van der Waals surface area contributed by atoms with Crippen LogP contribution in [0.25, 0.3) is 17.0 Å². The van der Waals surface area contributed by atoms with E-state index in [4.69, 9.17) is 9.94 Å². The molecule has 1 atom stereocenters. The summed E-state index contributed by atoms with van der Waals surface area (Å²) in [5.41, 5.74) is 9.38. The zero-order valence-electron chi connectivity index (χ0n) is 23.9. The van der Waals surface area contributed by atoms with Crippen LogP contribution < -0.4 is 20.9 Å². The van der Waals surface area contributed by atoms with Crippen LogP contribution in [0.1, 0.15) is 47.2 Å². The SMILES string of the molecule is CCNC(=O)Nc1ccc(CN(CCc2c[nH]c3cc(OC)ccc23)C2CCc3cc(/C=C/C(=O)NO)ccc32)cc1. The molecule has 1 aliphatic carbocycles. The van der Waals surface area contributed by atoms with Crippen molar-refractivity contribution in [2.45, 2.75) is 38.8 Å². The molecule has 0 bridgehead atoms. The van der Waals surface area contributed by atoms with E-state index in [1.54, 1.807) is 18.7 Å². The number of anilines is 1. The topological polar surface area (TPSA) is 119 Å². The molecule has 3 aromatic carbocycles. The number of carbonyl (C=O) groups is 2. The minimum absolute atomic E-state index is 0.211. The van der Waals surface area contributed by atoms with Gasteiger partial charge in [-0.1, -0.05) is 30.3 Å². The number of carbonyl (C=O) groups excluding carboxylic acids is 2. The Balaban J connectivity index is 1.37. The highest BCUT2D eigenvalue weighted by atomic mass is 16.5. The van der Waals surface area contributed by atoms with Crippen LogP contribution in [0.5, 0.6) is 5.75 Å². The average molecular weight is 568 g/mol. The van der Waals surface area contributed by atoms with E-state index in [1.165, 1.54) is 33.7 Å². The number of rotatable bonds is 11. The van der Waals surface area contributed by atoms with Gasteiger partial charge in [-0.3, -0.25) is 14.9 Å². The molecule has 42 heavy (non-hydrogen) atoms. The molecule has 0 saturated heterocycles. The van der Waals surface area contributed by atoms with E-state index < -0.39 is 5.91 Å².